The number of ether oxygens (including phenoxy) is 2. The summed E-state index contributed by atoms with van der Waals surface area (Å²) in [6, 6.07) is 24.0. The van der Waals surface area contributed by atoms with Crippen LogP contribution >= 0.6 is 22.6 Å². The maximum Gasteiger partial charge on any atom is 0.127 e. The van der Waals surface area contributed by atoms with Crippen molar-refractivity contribution in [1.82, 2.24) is 4.57 Å². The lowest BCUT2D eigenvalue weighted by Gasteiger charge is -2.11. The molecule has 0 saturated heterocycles. The number of hydrogen-bond donors (Lipinski definition) is 0. The van der Waals surface area contributed by atoms with Crippen LogP contribution in [-0.4, -0.2) is 17.9 Å². The molecule has 0 bridgehead atoms. The summed E-state index contributed by atoms with van der Waals surface area (Å²) < 4.78 is 14.6. The van der Waals surface area contributed by atoms with Crippen LogP contribution < -0.4 is 9.47 Å². The average molecular weight is 536 g/mol. The number of hydrogen-bond acceptors (Lipinski definition) is 3. The molecular formula is C27H25IN2O2. The number of aliphatic imine (C=N–C) groups is 1. The van der Waals surface area contributed by atoms with Gasteiger partial charge in [0.15, 0.2) is 0 Å². The van der Waals surface area contributed by atoms with Gasteiger partial charge in [0.2, 0.25) is 0 Å². The number of nitrogens with zero attached hydrogens (tertiary/aromatic N) is 2. The Bertz CT molecular complexity index is 1260. The molecule has 0 saturated carbocycles. The third-order valence-corrected chi connectivity index (χ3v) is 6.56. The lowest BCUT2D eigenvalue weighted by Crippen LogP contribution is -2.00. The molecule has 4 nitrogen and oxygen atoms in total. The molecule has 1 heterocycles. The van der Waals surface area contributed by atoms with E-state index in [9.17, 15) is 0 Å². The molecule has 0 aliphatic rings. The van der Waals surface area contributed by atoms with Crippen molar-refractivity contribution < 1.29 is 9.47 Å². The molecule has 0 atom stereocenters. The van der Waals surface area contributed by atoms with Gasteiger partial charge >= 0.3 is 0 Å². The zero-order chi connectivity index (χ0) is 22.7. The highest BCUT2D eigenvalue weighted by Gasteiger charge is 2.10. The van der Waals surface area contributed by atoms with Crippen molar-refractivity contribution in [2.75, 3.05) is 7.11 Å². The van der Waals surface area contributed by atoms with Crippen molar-refractivity contribution in [2.24, 2.45) is 4.99 Å². The van der Waals surface area contributed by atoms with E-state index >= 15 is 0 Å². The Morgan fingerprint density at radius 3 is 2.06 bits per heavy atom. The van der Waals surface area contributed by atoms with Crippen LogP contribution in [0.4, 0.5) is 5.69 Å². The standard InChI is InChI=1S/C27H25IN2O2/c1-18-15-23(7-14-27(18)28)30-19(2)16-21(20(30)3)17-29-22-5-8-25(9-6-22)32-26-12-10-24(31-4)11-13-26/h5-17H,1-4H3. The highest BCUT2D eigenvalue weighted by molar-refractivity contribution is 14.1. The first-order chi connectivity index (χ1) is 15.4. The molecule has 0 aliphatic heterocycles. The summed E-state index contributed by atoms with van der Waals surface area (Å²) in [6.45, 7) is 6.40. The van der Waals surface area contributed by atoms with Gasteiger partial charge in [0.25, 0.3) is 0 Å². The predicted molar refractivity (Wildman–Crippen MR) is 139 cm³/mol. The number of halogens is 1. The van der Waals surface area contributed by atoms with Gasteiger partial charge in [-0.2, -0.15) is 0 Å². The van der Waals surface area contributed by atoms with E-state index < -0.39 is 0 Å². The Morgan fingerprint density at radius 2 is 1.44 bits per heavy atom. The van der Waals surface area contributed by atoms with Gasteiger partial charge in [0.1, 0.15) is 17.2 Å². The third-order valence-electron chi connectivity index (χ3n) is 5.35. The summed E-state index contributed by atoms with van der Waals surface area (Å²) >= 11 is 2.37. The van der Waals surface area contributed by atoms with E-state index in [4.69, 9.17) is 9.47 Å². The number of methoxy groups -OCH3 is 1. The number of rotatable bonds is 6. The fourth-order valence-corrected chi connectivity index (χ4v) is 3.94. The second kappa shape index (κ2) is 9.61. The first kappa shape index (κ1) is 22.1. The fraction of sp³-hybridized carbons (Fsp3) is 0.148. The second-order valence-corrected chi connectivity index (χ2v) is 8.79. The van der Waals surface area contributed by atoms with E-state index in [-0.39, 0.29) is 0 Å². The maximum atomic E-state index is 5.89. The zero-order valence-electron chi connectivity index (χ0n) is 18.6. The molecule has 0 N–H and O–H groups in total. The first-order valence-corrected chi connectivity index (χ1v) is 11.4. The Labute approximate surface area is 202 Å². The summed E-state index contributed by atoms with van der Waals surface area (Å²) in [5, 5.41) is 0. The van der Waals surface area contributed by atoms with Crippen LogP contribution in [0.15, 0.2) is 77.8 Å². The number of aromatic nitrogens is 1. The lowest BCUT2D eigenvalue weighted by molar-refractivity contribution is 0.413. The molecule has 5 heteroatoms. The summed E-state index contributed by atoms with van der Waals surface area (Å²) in [6.07, 6.45) is 1.93. The summed E-state index contributed by atoms with van der Waals surface area (Å²) in [5.41, 5.74) is 6.80. The Hall–Kier alpha value is -3.06. The van der Waals surface area contributed by atoms with Crippen molar-refractivity contribution >= 4 is 34.5 Å². The molecular weight excluding hydrogens is 511 g/mol. The van der Waals surface area contributed by atoms with Crippen molar-refractivity contribution in [1.29, 1.82) is 0 Å². The molecule has 1 aromatic heterocycles. The van der Waals surface area contributed by atoms with E-state index in [1.54, 1.807) is 7.11 Å². The van der Waals surface area contributed by atoms with Gasteiger partial charge in [-0.1, -0.05) is 0 Å². The van der Waals surface area contributed by atoms with Crippen LogP contribution in [0.2, 0.25) is 0 Å². The monoisotopic (exact) mass is 536 g/mol. The molecule has 0 amide bonds. The summed E-state index contributed by atoms with van der Waals surface area (Å²) in [7, 11) is 1.65. The maximum absolute atomic E-state index is 5.89. The molecule has 3 aromatic carbocycles. The zero-order valence-corrected chi connectivity index (χ0v) is 20.8. The van der Waals surface area contributed by atoms with Crippen LogP contribution in [0.3, 0.4) is 0 Å². The second-order valence-electron chi connectivity index (χ2n) is 7.63. The van der Waals surface area contributed by atoms with E-state index in [0.717, 1.165) is 28.5 Å². The largest absolute Gasteiger partial charge is 0.497 e. The molecule has 0 unspecified atom stereocenters. The highest BCUT2D eigenvalue weighted by Crippen LogP contribution is 2.27. The summed E-state index contributed by atoms with van der Waals surface area (Å²) in [5.74, 6) is 2.33. The minimum Gasteiger partial charge on any atom is -0.497 e. The summed E-state index contributed by atoms with van der Waals surface area (Å²) in [4.78, 5) is 4.68. The molecule has 32 heavy (non-hydrogen) atoms. The molecule has 162 valence electrons. The molecule has 0 aliphatic carbocycles. The van der Waals surface area contributed by atoms with Gasteiger partial charge in [0, 0.05) is 32.4 Å². The van der Waals surface area contributed by atoms with Crippen molar-refractivity contribution in [2.45, 2.75) is 20.8 Å². The Kier molecular flexibility index (Phi) is 6.65. The van der Waals surface area contributed by atoms with Crippen LogP contribution in [0.1, 0.15) is 22.5 Å². The minimum absolute atomic E-state index is 0.764. The van der Waals surface area contributed by atoms with Crippen LogP contribution in [-0.2, 0) is 0 Å². The first-order valence-electron chi connectivity index (χ1n) is 10.4. The quantitative estimate of drug-likeness (QED) is 0.188. The van der Waals surface area contributed by atoms with Crippen molar-refractivity contribution in [3.8, 4) is 22.9 Å². The van der Waals surface area contributed by atoms with E-state index in [1.807, 2.05) is 54.7 Å². The molecule has 0 spiro atoms. The molecule has 4 aromatic rings. The molecule has 0 fully saturated rings. The van der Waals surface area contributed by atoms with Gasteiger partial charge in [-0.3, -0.25) is 4.99 Å². The minimum atomic E-state index is 0.764. The fourth-order valence-electron chi connectivity index (χ4n) is 3.61. The van der Waals surface area contributed by atoms with Crippen molar-refractivity contribution in [3.63, 3.8) is 0 Å². The highest BCUT2D eigenvalue weighted by atomic mass is 127. The normalized spacial score (nSPS) is 11.2. The predicted octanol–water partition coefficient (Wildman–Crippen LogP) is 7.56. The Morgan fingerprint density at radius 1 is 0.812 bits per heavy atom. The van der Waals surface area contributed by atoms with E-state index in [1.165, 1.54) is 26.2 Å². The topological polar surface area (TPSA) is 35.8 Å². The Balaban J connectivity index is 1.50. The SMILES string of the molecule is COc1ccc(Oc2ccc(N=Cc3cc(C)n(-c4ccc(I)c(C)c4)c3C)cc2)cc1. The smallest absolute Gasteiger partial charge is 0.127 e. The van der Waals surface area contributed by atoms with E-state index in [0.29, 0.717) is 0 Å². The van der Waals surface area contributed by atoms with Gasteiger partial charge in [-0.05, 0) is 122 Å². The van der Waals surface area contributed by atoms with Gasteiger partial charge in [0.05, 0.1) is 12.8 Å². The molecule has 4 rings (SSSR count). The third kappa shape index (κ3) is 4.88. The van der Waals surface area contributed by atoms with Crippen LogP contribution in [0, 0.1) is 24.3 Å². The van der Waals surface area contributed by atoms with E-state index in [2.05, 4.69) is 77.2 Å². The molecule has 0 radical (unpaired) electrons. The van der Waals surface area contributed by atoms with Gasteiger partial charge in [-0.15, -0.1) is 0 Å². The van der Waals surface area contributed by atoms with Crippen LogP contribution in [0.5, 0.6) is 17.2 Å². The van der Waals surface area contributed by atoms with Crippen molar-refractivity contribution in [3.05, 3.63) is 98.9 Å². The van der Waals surface area contributed by atoms with Gasteiger partial charge in [-0.25, -0.2) is 0 Å². The lowest BCUT2D eigenvalue weighted by atomic mass is 10.2. The number of benzene rings is 3. The number of aryl methyl sites for hydroxylation is 2. The van der Waals surface area contributed by atoms with Gasteiger partial charge < -0.3 is 14.0 Å². The average Bonchev–Trinajstić information content (AvgIpc) is 3.09. The van der Waals surface area contributed by atoms with Crippen LogP contribution in [0.25, 0.3) is 5.69 Å².